The van der Waals surface area contributed by atoms with Crippen LogP contribution in [-0.2, 0) is 9.59 Å². The second-order valence-electron chi connectivity index (χ2n) is 7.32. The first-order valence-electron chi connectivity index (χ1n) is 9.23. The van der Waals surface area contributed by atoms with Crippen LogP contribution in [0.3, 0.4) is 0 Å². The molecule has 6 nitrogen and oxygen atoms in total. The molecular formula is C21H25FN4O2. The lowest BCUT2D eigenvalue weighted by molar-refractivity contribution is -0.116. The third kappa shape index (κ3) is 4.14. The Bertz CT molecular complexity index is 960. The number of anilines is 2. The molecule has 0 aliphatic carbocycles. The highest BCUT2D eigenvalue weighted by molar-refractivity contribution is 6.34. The van der Waals surface area contributed by atoms with Gasteiger partial charge in [0.1, 0.15) is 5.82 Å². The molecule has 2 aromatic rings. The summed E-state index contributed by atoms with van der Waals surface area (Å²) in [6.45, 7) is 4.60. The predicted molar refractivity (Wildman–Crippen MR) is 110 cm³/mol. The first-order chi connectivity index (χ1) is 13.3. The highest BCUT2D eigenvalue weighted by Crippen LogP contribution is 2.35. The third-order valence-corrected chi connectivity index (χ3v) is 4.80. The molecular weight excluding hydrogens is 359 g/mol. The van der Waals surface area contributed by atoms with Crippen LogP contribution in [0.5, 0.6) is 0 Å². The maximum Gasteiger partial charge on any atom is 0.256 e. The number of hydrogen-bond acceptors (Lipinski definition) is 3. The van der Waals surface area contributed by atoms with Crippen molar-refractivity contribution >= 4 is 34.8 Å². The monoisotopic (exact) mass is 384 g/mol. The molecule has 0 radical (unpaired) electrons. The molecule has 0 atom stereocenters. The number of halogens is 1. The first kappa shape index (κ1) is 19.8. The van der Waals surface area contributed by atoms with Gasteiger partial charge in [0, 0.05) is 29.1 Å². The summed E-state index contributed by atoms with van der Waals surface area (Å²) in [5.74, 6) is -0.718. The fourth-order valence-corrected chi connectivity index (χ4v) is 3.31. The molecule has 2 amide bonds. The van der Waals surface area contributed by atoms with E-state index >= 15 is 0 Å². The van der Waals surface area contributed by atoms with Gasteiger partial charge in [0.25, 0.3) is 5.91 Å². The smallest absolute Gasteiger partial charge is 0.256 e. The quantitative estimate of drug-likeness (QED) is 0.667. The van der Waals surface area contributed by atoms with Crippen LogP contribution < -0.4 is 10.6 Å². The Kier molecular flexibility index (Phi) is 5.65. The maximum absolute atomic E-state index is 13.6. The lowest BCUT2D eigenvalue weighted by Crippen LogP contribution is -2.17. The number of nitrogens with zero attached hydrogens (tertiary/aromatic N) is 1. The molecule has 0 spiro atoms. The molecule has 0 fully saturated rings. The molecule has 1 aliphatic heterocycles. The van der Waals surface area contributed by atoms with Gasteiger partial charge in [-0.25, -0.2) is 4.39 Å². The number of rotatable bonds is 6. The average Bonchev–Trinajstić information content (AvgIpc) is 3.06. The zero-order valence-electron chi connectivity index (χ0n) is 16.6. The van der Waals surface area contributed by atoms with Crippen LogP contribution in [0.2, 0.25) is 0 Å². The second kappa shape index (κ2) is 7.98. The first-order valence-corrected chi connectivity index (χ1v) is 9.23. The average molecular weight is 384 g/mol. The molecule has 0 bridgehead atoms. The molecule has 148 valence electrons. The molecule has 3 rings (SSSR count). The third-order valence-electron chi connectivity index (χ3n) is 4.80. The highest BCUT2D eigenvalue weighted by atomic mass is 19.1. The zero-order valence-corrected chi connectivity index (χ0v) is 16.6. The zero-order chi connectivity index (χ0) is 20.4. The summed E-state index contributed by atoms with van der Waals surface area (Å²) >= 11 is 0. The standard InChI is InChI=1S/C21H25FN4O2/c1-12-18(11-16-15-10-14(22)7-8-17(15)24-21(16)28)23-13(2)20(12)25-19(27)6-5-9-26(3)4/h7-8,10-11,23H,5-6,9H2,1-4H3,(H,24,28)(H,25,27)/b16-11-. The van der Waals surface area contributed by atoms with Crippen LogP contribution in [0, 0.1) is 19.7 Å². The Balaban J connectivity index is 1.83. The van der Waals surface area contributed by atoms with E-state index in [0.29, 0.717) is 28.9 Å². The fourth-order valence-electron chi connectivity index (χ4n) is 3.31. The fraction of sp³-hybridized carbons (Fsp3) is 0.333. The summed E-state index contributed by atoms with van der Waals surface area (Å²) in [6.07, 6.45) is 2.92. The van der Waals surface area contributed by atoms with Crippen molar-refractivity contribution in [3.05, 3.63) is 46.5 Å². The lowest BCUT2D eigenvalue weighted by atomic mass is 10.0. The van der Waals surface area contributed by atoms with Gasteiger partial charge < -0.3 is 20.5 Å². The maximum atomic E-state index is 13.6. The largest absolute Gasteiger partial charge is 0.357 e. The Morgan fingerprint density at radius 1 is 1.29 bits per heavy atom. The minimum absolute atomic E-state index is 0.0442. The second-order valence-corrected chi connectivity index (χ2v) is 7.32. The SMILES string of the molecule is Cc1[nH]c(/C=C2\C(=O)Nc3ccc(F)cc32)c(C)c1NC(=O)CCCN(C)C. The van der Waals surface area contributed by atoms with Gasteiger partial charge in [-0.1, -0.05) is 0 Å². The van der Waals surface area contributed by atoms with E-state index in [-0.39, 0.29) is 11.8 Å². The van der Waals surface area contributed by atoms with Crippen LogP contribution >= 0.6 is 0 Å². The van der Waals surface area contributed by atoms with E-state index in [1.807, 2.05) is 32.8 Å². The predicted octanol–water partition coefficient (Wildman–Crippen LogP) is 3.54. The van der Waals surface area contributed by atoms with Crippen molar-refractivity contribution in [2.24, 2.45) is 0 Å². The number of benzene rings is 1. The molecule has 1 aliphatic rings. The van der Waals surface area contributed by atoms with Crippen molar-refractivity contribution in [2.45, 2.75) is 26.7 Å². The number of H-pyrrole nitrogens is 1. The summed E-state index contributed by atoms with van der Waals surface area (Å²) in [5, 5.41) is 5.70. The topological polar surface area (TPSA) is 77.2 Å². The van der Waals surface area contributed by atoms with Gasteiger partial charge in [0.15, 0.2) is 0 Å². The normalized spacial score (nSPS) is 14.5. The van der Waals surface area contributed by atoms with E-state index < -0.39 is 5.82 Å². The number of carbonyl (C=O) groups excluding carboxylic acids is 2. The lowest BCUT2D eigenvalue weighted by Gasteiger charge is -2.09. The van der Waals surface area contributed by atoms with Crippen LogP contribution in [-0.4, -0.2) is 42.3 Å². The molecule has 0 unspecified atom stereocenters. The van der Waals surface area contributed by atoms with Crippen LogP contribution in [0.15, 0.2) is 18.2 Å². The van der Waals surface area contributed by atoms with E-state index in [1.54, 1.807) is 12.1 Å². The molecule has 28 heavy (non-hydrogen) atoms. The number of amides is 2. The van der Waals surface area contributed by atoms with E-state index in [4.69, 9.17) is 0 Å². The number of fused-ring (bicyclic) bond motifs is 1. The summed E-state index contributed by atoms with van der Waals surface area (Å²) in [4.78, 5) is 29.8. The molecule has 1 aromatic heterocycles. The van der Waals surface area contributed by atoms with Gasteiger partial charge in [-0.3, -0.25) is 9.59 Å². The minimum Gasteiger partial charge on any atom is -0.357 e. The van der Waals surface area contributed by atoms with Gasteiger partial charge in [0.2, 0.25) is 5.91 Å². The number of aromatic nitrogens is 1. The van der Waals surface area contributed by atoms with Gasteiger partial charge in [-0.15, -0.1) is 0 Å². The minimum atomic E-state index is -0.397. The van der Waals surface area contributed by atoms with E-state index in [0.717, 1.165) is 29.9 Å². The molecule has 2 heterocycles. The summed E-state index contributed by atoms with van der Waals surface area (Å²) in [7, 11) is 3.95. The van der Waals surface area contributed by atoms with E-state index in [9.17, 15) is 14.0 Å². The van der Waals surface area contributed by atoms with Crippen molar-refractivity contribution in [3.8, 4) is 0 Å². The van der Waals surface area contributed by atoms with Gasteiger partial charge in [0.05, 0.1) is 11.3 Å². The van der Waals surface area contributed by atoms with Crippen molar-refractivity contribution in [2.75, 3.05) is 31.3 Å². The van der Waals surface area contributed by atoms with Crippen LogP contribution in [0.4, 0.5) is 15.8 Å². The number of hydrogen-bond donors (Lipinski definition) is 3. The molecule has 0 saturated carbocycles. The van der Waals surface area contributed by atoms with Gasteiger partial charge in [-0.2, -0.15) is 0 Å². The van der Waals surface area contributed by atoms with Crippen molar-refractivity contribution in [1.82, 2.24) is 9.88 Å². The number of nitrogens with one attached hydrogen (secondary N) is 3. The number of aryl methyl sites for hydroxylation is 1. The Labute approximate surface area is 163 Å². The molecule has 3 N–H and O–H groups in total. The van der Waals surface area contributed by atoms with Crippen LogP contribution in [0.25, 0.3) is 11.6 Å². The molecule has 7 heteroatoms. The Hall–Kier alpha value is -2.93. The van der Waals surface area contributed by atoms with Crippen molar-refractivity contribution < 1.29 is 14.0 Å². The summed E-state index contributed by atoms with van der Waals surface area (Å²) in [5.41, 5.74) is 4.59. The number of aromatic amines is 1. The summed E-state index contributed by atoms with van der Waals surface area (Å²) < 4.78 is 13.6. The van der Waals surface area contributed by atoms with Crippen molar-refractivity contribution in [1.29, 1.82) is 0 Å². The summed E-state index contributed by atoms with van der Waals surface area (Å²) in [6, 6.07) is 4.21. The molecule has 0 saturated heterocycles. The Morgan fingerprint density at radius 2 is 2.04 bits per heavy atom. The Morgan fingerprint density at radius 3 is 2.75 bits per heavy atom. The van der Waals surface area contributed by atoms with Gasteiger partial charge >= 0.3 is 0 Å². The number of carbonyl (C=O) groups is 2. The van der Waals surface area contributed by atoms with Crippen molar-refractivity contribution in [3.63, 3.8) is 0 Å². The van der Waals surface area contributed by atoms with Crippen LogP contribution in [0.1, 0.15) is 35.4 Å². The molecule has 1 aromatic carbocycles. The van der Waals surface area contributed by atoms with E-state index in [2.05, 4.69) is 15.6 Å². The van der Waals surface area contributed by atoms with E-state index in [1.165, 1.54) is 12.1 Å². The van der Waals surface area contributed by atoms with Gasteiger partial charge in [-0.05, 0) is 70.7 Å². The highest BCUT2D eigenvalue weighted by Gasteiger charge is 2.25.